The van der Waals surface area contributed by atoms with E-state index in [4.69, 9.17) is 0 Å². The molecule has 162 valence electrons. The largest absolute Gasteiger partial charge is 0.416 e. The number of nitrogens with one attached hydrogen (secondary N) is 2. The molecule has 2 amide bonds. The summed E-state index contributed by atoms with van der Waals surface area (Å²) in [6.07, 6.45) is -4.50. The van der Waals surface area contributed by atoms with Gasteiger partial charge in [0.1, 0.15) is 5.82 Å². The van der Waals surface area contributed by atoms with Gasteiger partial charge in [-0.05, 0) is 61.5 Å². The molecule has 0 fully saturated rings. The number of alkyl halides is 3. The summed E-state index contributed by atoms with van der Waals surface area (Å²) in [5.41, 5.74) is 0.516. The number of para-hydroxylation sites is 1. The number of hydrogen-bond acceptors (Lipinski definition) is 3. The van der Waals surface area contributed by atoms with Crippen LogP contribution in [0.25, 0.3) is 16.6 Å². The number of anilines is 2. The minimum Gasteiger partial charge on any atom is -0.308 e. The number of aryl methyl sites for hydroxylation is 1. The van der Waals surface area contributed by atoms with E-state index < -0.39 is 17.8 Å². The third-order valence-corrected chi connectivity index (χ3v) is 4.77. The van der Waals surface area contributed by atoms with Gasteiger partial charge in [-0.15, -0.1) is 0 Å². The first-order valence-corrected chi connectivity index (χ1v) is 9.56. The molecule has 4 aromatic rings. The Labute approximate surface area is 180 Å². The van der Waals surface area contributed by atoms with Crippen molar-refractivity contribution >= 4 is 28.3 Å². The van der Waals surface area contributed by atoms with Gasteiger partial charge in [0.25, 0.3) is 5.56 Å². The molecule has 4 rings (SSSR count). The van der Waals surface area contributed by atoms with E-state index >= 15 is 0 Å². The zero-order valence-electron chi connectivity index (χ0n) is 16.8. The number of urea groups is 1. The van der Waals surface area contributed by atoms with Crippen LogP contribution in [0.5, 0.6) is 0 Å². The van der Waals surface area contributed by atoms with Crippen LogP contribution in [0.1, 0.15) is 11.4 Å². The van der Waals surface area contributed by atoms with Crippen molar-refractivity contribution in [3.05, 3.63) is 94.5 Å². The fraction of sp³-hybridized carbons (Fsp3) is 0.0870. The van der Waals surface area contributed by atoms with Gasteiger partial charge in [-0.3, -0.25) is 9.36 Å². The van der Waals surface area contributed by atoms with E-state index in [9.17, 15) is 22.8 Å². The highest BCUT2D eigenvalue weighted by Gasteiger charge is 2.30. The Morgan fingerprint density at radius 2 is 1.59 bits per heavy atom. The Bertz CT molecular complexity index is 1360. The van der Waals surface area contributed by atoms with E-state index in [2.05, 4.69) is 15.6 Å². The molecule has 0 bridgehead atoms. The van der Waals surface area contributed by atoms with E-state index in [1.165, 1.54) is 16.7 Å². The minimum absolute atomic E-state index is 0.0124. The Balaban J connectivity index is 1.52. The molecule has 0 radical (unpaired) electrons. The average Bonchev–Trinajstić information content (AvgIpc) is 2.74. The smallest absolute Gasteiger partial charge is 0.308 e. The predicted molar refractivity (Wildman–Crippen MR) is 116 cm³/mol. The lowest BCUT2D eigenvalue weighted by atomic mass is 10.2. The van der Waals surface area contributed by atoms with Gasteiger partial charge in [0, 0.05) is 11.4 Å². The highest BCUT2D eigenvalue weighted by atomic mass is 19.4. The number of carbonyl (C=O) groups excluding carboxylic acids is 1. The highest BCUT2D eigenvalue weighted by molar-refractivity contribution is 5.99. The van der Waals surface area contributed by atoms with Crippen molar-refractivity contribution in [3.8, 4) is 5.69 Å². The van der Waals surface area contributed by atoms with Crippen LogP contribution in [-0.4, -0.2) is 15.6 Å². The lowest BCUT2D eigenvalue weighted by Crippen LogP contribution is -2.22. The fourth-order valence-electron chi connectivity index (χ4n) is 3.31. The Kier molecular flexibility index (Phi) is 5.40. The lowest BCUT2D eigenvalue weighted by molar-refractivity contribution is -0.137. The predicted octanol–water partition coefficient (Wildman–Crippen LogP) is 5.36. The maximum absolute atomic E-state index is 12.9. The van der Waals surface area contributed by atoms with Gasteiger partial charge in [0.05, 0.1) is 22.2 Å². The van der Waals surface area contributed by atoms with Crippen molar-refractivity contribution in [2.45, 2.75) is 13.1 Å². The molecule has 0 spiro atoms. The molecule has 1 aromatic heterocycles. The molecule has 3 aromatic carbocycles. The van der Waals surface area contributed by atoms with Gasteiger partial charge in [-0.2, -0.15) is 13.2 Å². The molecule has 0 aliphatic rings. The number of carbonyl (C=O) groups is 1. The SMILES string of the molecule is Cc1nc2ccccc2c(=O)n1-c1ccc(NC(=O)Nc2cccc(C(F)(F)F)c2)cc1. The van der Waals surface area contributed by atoms with Gasteiger partial charge in [0.2, 0.25) is 0 Å². The van der Waals surface area contributed by atoms with E-state index in [-0.39, 0.29) is 11.2 Å². The molecule has 1 heterocycles. The highest BCUT2D eigenvalue weighted by Crippen LogP contribution is 2.30. The summed E-state index contributed by atoms with van der Waals surface area (Å²) in [5.74, 6) is 0.511. The van der Waals surface area contributed by atoms with Gasteiger partial charge in [0.15, 0.2) is 0 Å². The van der Waals surface area contributed by atoms with Crippen molar-refractivity contribution < 1.29 is 18.0 Å². The zero-order chi connectivity index (χ0) is 22.9. The Hall–Kier alpha value is -4.14. The normalized spacial score (nSPS) is 11.4. The molecule has 0 saturated carbocycles. The monoisotopic (exact) mass is 438 g/mol. The fourth-order valence-corrected chi connectivity index (χ4v) is 3.31. The number of rotatable bonds is 3. The molecule has 0 unspecified atom stereocenters. The standard InChI is InChI=1S/C23H17F3N4O2/c1-14-27-20-8-3-2-7-19(20)21(31)30(14)18-11-9-16(10-12-18)28-22(32)29-17-6-4-5-15(13-17)23(24,25)26/h2-13H,1H3,(H2,28,29,32). The molecule has 0 saturated heterocycles. The van der Waals surface area contributed by atoms with Crippen LogP contribution in [0.4, 0.5) is 29.3 Å². The Morgan fingerprint density at radius 3 is 2.31 bits per heavy atom. The van der Waals surface area contributed by atoms with Gasteiger partial charge in [-0.25, -0.2) is 9.78 Å². The maximum Gasteiger partial charge on any atom is 0.416 e. The molecule has 32 heavy (non-hydrogen) atoms. The van der Waals surface area contributed by atoms with E-state index in [1.54, 1.807) is 49.4 Å². The lowest BCUT2D eigenvalue weighted by Gasteiger charge is -2.13. The van der Waals surface area contributed by atoms with Crippen LogP contribution in [0.15, 0.2) is 77.6 Å². The van der Waals surface area contributed by atoms with Crippen LogP contribution >= 0.6 is 0 Å². The quantitative estimate of drug-likeness (QED) is 0.452. The second-order valence-electron chi connectivity index (χ2n) is 7.02. The molecule has 2 N–H and O–H groups in total. The van der Waals surface area contributed by atoms with Crippen molar-refractivity contribution in [2.75, 3.05) is 10.6 Å². The first kappa shape index (κ1) is 21.1. The molecule has 0 aliphatic carbocycles. The number of hydrogen-bond donors (Lipinski definition) is 2. The molecular weight excluding hydrogens is 421 g/mol. The minimum atomic E-state index is -4.50. The average molecular weight is 438 g/mol. The van der Waals surface area contributed by atoms with Crippen molar-refractivity contribution in [1.82, 2.24) is 9.55 Å². The number of benzene rings is 3. The second-order valence-corrected chi connectivity index (χ2v) is 7.02. The summed E-state index contributed by atoms with van der Waals surface area (Å²) in [7, 11) is 0. The summed E-state index contributed by atoms with van der Waals surface area (Å²) in [6.45, 7) is 1.72. The first-order valence-electron chi connectivity index (χ1n) is 9.56. The molecule has 0 atom stereocenters. The van der Waals surface area contributed by atoms with Crippen molar-refractivity contribution in [3.63, 3.8) is 0 Å². The van der Waals surface area contributed by atoms with Crippen LogP contribution in [0.3, 0.4) is 0 Å². The van der Waals surface area contributed by atoms with Crippen LogP contribution < -0.4 is 16.2 Å². The summed E-state index contributed by atoms with van der Waals surface area (Å²) in [6, 6.07) is 17.2. The van der Waals surface area contributed by atoms with E-state index in [0.717, 1.165) is 12.1 Å². The zero-order valence-corrected chi connectivity index (χ0v) is 16.8. The van der Waals surface area contributed by atoms with Gasteiger partial charge < -0.3 is 10.6 Å². The van der Waals surface area contributed by atoms with E-state index in [1.807, 2.05) is 6.07 Å². The number of nitrogens with zero attached hydrogens (tertiary/aromatic N) is 2. The van der Waals surface area contributed by atoms with Gasteiger partial charge >= 0.3 is 12.2 Å². The summed E-state index contributed by atoms with van der Waals surface area (Å²) < 4.78 is 39.9. The topological polar surface area (TPSA) is 76.0 Å². The number of halogens is 3. The van der Waals surface area contributed by atoms with Crippen molar-refractivity contribution in [1.29, 1.82) is 0 Å². The number of fused-ring (bicyclic) bond motifs is 1. The van der Waals surface area contributed by atoms with Crippen LogP contribution in [-0.2, 0) is 6.18 Å². The third-order valence-electron chi connectivity index (χ3n) is 4.77. The Morgan fingerprint density at radius 1 is 0.906 bits per heavy atom. The number of aromatic nitrogens is 2. The second kappa shape index (κ2) is 8.18. The first-order chi connectivity index (χ1) is 15.2. The molecule has 0 aliphatic heterocycles. The molecule has 6 nitrogen and oxygen atoms in total. The number of amides is 2. The van der Waals surface area contributed by atoms with Crippen LogP contribution in [0, 0.1) is 6.92 Å². The van der Waals surface area contributed by atoms with Gasteiger partial charge in [-0.1, -0.05) is 18.2 Å². The third kappa shape index (κ3) is 4.31. The summed E-state index contributed by atoms with van der Waals surface area (Å²) in [5, 5.41) is 5.41. The molecule has 9 heteroatoms. The molecular formula is C23H17F3N4O2. The van der Waals surface area contributed by atoms with Crippen LogP contribution in [0.2, 0.25) is 0 Å². The van der Waals surface area contributed by atoms with Crippen molar-refractivity contribution in [2.24, 2.45) is 0 Å². The summed E-state index contributed by atoms with van der Waals surface area (Å²) in [4.78, 5) is 29.5. The van der Waals surface area contributed by atoms with E-state index in [0.29, 0.717) is 28.1 Å². The maximum atomic E-state index is 12.9. The summed E-state index contributed by atoms with van der Waals surface area (Å²) >= 11 is 0.